The van der Waals surface area contributed by atoms with Crippen molar-refractivity contribution in [2.24, 2.45) is 0 Å². The standard InChI is InChI=1S/C20H17N5OS/c1-14-6-8-15(9-7-14)20-23-16(11-27-20)10-19(26)24-17-4-2-3-5-18(17)25-13-21-12-22-25/h2-9,11-13H,10H2,1H3,(H,24,26). The van der Waals surface area contributed by atoms with Gasteiger partial charge in [-0.3, -0.25) is 4.79 Å². The van der Waals surface area contributed by atoms with Crippen LogP contribution in [0.2, 0.25) is 0 Å². The molecule has 134 valence electrons. The van der Waals surface area contributed by atoms with E-state index in [0.717, 1.165) is 22.0 Å². The zero-order chi connectivity index (χ0) is 18.6. The van der Waals surface area contributed by atoms with Crippen LogP contribution in [0.5, 0.6) is 0 Å². The monoisotopic (exact) mass is 375 g/mol. The van der Waals surface area contributed by atoms with Crippen molar-refractivity contribution in [3.05, 3.63) is 77.8 Å². The molecule has 7 heteroatoms. The maximum absolute atomic E-state index is 12.5. The maximum atomic E-state index is 12.5. The lowest BCUT2D eigenvalue weighted by Crippen LogP contribution is -2.16. The first-order chi connectivity index (χ1) is 13.2. The van der Waals surface area contributed by atoms with Gasteiger partial charge in [-0.2, -0.15) is 5.10 Å². The van der Waals surface area contributed by atoms with Crippen LogP contribution in [0.3, 0.4) is 0 Å². The van der Waals surface area contributed by atoms with Gasteiger partial charge in [0.05, 0.1) is 23.5 Å². The first-order valence-electron chi connectivity index (χ1n) is 8.44. The highest BCUT2D eigenvalue weighted by Crippen LogP contribution is 2.24. The van der Waals surface area contributed by atoms with E-state index in [1.807, 2.05) is 41.8 Å². The molecule has 0 atom stereocenters. The molecule has 0 saturated carbocycles. The van der Waals surface area contributed by atoms with Crippen LogP contribution < -0.4 is 5.32 Å². The Balaban J connectivity index is 1.47. The predicted molar refractivity (Wildman–Crippen MR) is 106 cm³/mol. The maximum Gasteiger partial charge on any atom is 0.230 e. The highest BCUT2D eigenvalue weighted by molar-refractivity contribution is 7.13. The van der Waals surface area contributed by atoms with Crippen molar-refractivity contribution in [1.82, 2.24) is 19.7 Å². The summed E-state index contributed by atoms with van der Waals surface area (Å²) in [6, 6.07) is 15.7. The van der Waals surface area contributed by atoms with Crippen LogP contribution in [-0.2, 0) is 11.2 Å². The van der Waals surface area contributed by atoms with Gasteiger partial charge in [-0.25, -0.2) is 14.6 Å². The number of nitrogens with zero attached hydrogens (tertiary/aromatic N) is 4. The van der Waals surface area contributed by atoms with Gasteiger partial charge in [-0.05, 0) is 19.1 Å². The Morgan fingerprint density at radius 2 is 1.96 bits per heavy atom. The minimum atomic E-state index is -0.122. The molecule has 0 aliphatic rings. The second kappa shape index (κ2) is 7.51. The molecule has 0 bridgehead atoms. The summed E-state index contributed by atoms with van der Waals surface area (Å²) < 4.78 is 1.62. The van der Waals surface area contributed by atoms with Gasteiger partial charge in [-0.1, -0.05) is 42.0 Å². The van der Waals surface area contributed by atoms with Crippen molar-refractivity contribution in [3.8, 4) is 16.3 Å². The Hall–Kier alpha value is -3.32. The van der Waals surface area contributed by atoms with Gasteiger partial charge >= 0.3 is 0 Å². The lowest BCUT2D eigenvalue weighted by atomic mass is 10.2. The van der Waals surface area contributed by atoms with E-state index in [0.29, 0.717) is 5.69 Å². The Kier molecular flexibility index (Phi) is 4.76. The molecule has 0 spiro atoms. The molecule has 0 fully saturated rings. The van der Waals surface area contributed by atoms with Crippen LogP contribution in [-0.4, -0.2) is 25.7 Å². The quantitative estimate of drug-likeness (QED) is 0.574. The molecule has 2 aromatic carbocycles. The molecule has 0 unspecified atom stereocenters. The van der Waals surface area contributed by atoms with E-state index in [4.69, 9.17) is 0 Å². The molecule has 0 aliphatic heterocycles. The van der Waals surface area contributed by atoms with E-state index in [9.17, 15) is 4.79 Å². The topological polar surface area (TPSA) is 72.7 Å². The summed E-state index contributed by atoms with van der Waals surface area (Å²) in [6.07, 6.45) is 3.27. The summed E-state index contributed by atoms with van der Waals surface area (Å²) >= 11 is 1.54. The van der Waals surface area contributed by atoms with Gasteiger partial charge in [0.25, 0.3) is 0 Å². The number of carbonyl (C=O) groups excluding carboxylic acids is 1. The number of hydrogen-bond acceptors (Lipinski definition) is 5. The lowest BCUT2D eigenvalue weighted by molar-refractivity contribution is -0.115. The molecule has 0 saturated heterocycles. The van der Waals surface area contributed by atoms with E-state index in [-0.39, 0.29) is 12.3 Å². The highest BCUT2D eigenvalue weighted by Gasteiger charge is 2.12. The second-order valence-electron chi connectivity index (χ2n) is 6.09. The summed E-state index contributed by atoms with van der Waals surface area (Å²) in [4.78, 5) is 21.1. The first-order valence-corrected chi connectivity index (χ1v) is 9.32. The van der Waals surface area contributed by atoms with Crippen LogP contribution in [0.25, 0.3) is 16.3 Å². The van der Waals surface area contributed by atoms with E-state index >= 15 is 0 Å². The number of thiazole rings is 1. The molecule has 1 amide bonds. The average Bonchev–Trinajstić information content (AvgIpc) is 3.35. The number of aryl methyl sites for hydroxylation is 1. The van der Waals surface area contributed by atoms with Crippen molar-refractivity contribution in [2.75, 3.05) is 5.32 Å². The molecular formula is C20H17N5OS. The molecule has 0 aliphatic carbocycles. The fourth-order valence-corrected chi connectivity index (χ4v) is 3.51. The van der Waals surface area contributed by atoms with Crippen molar-refractivity contribution in [1.29, 1.82) is 0 Å². The molecule has 6 nitrogen and oxygen atoms in total. The minimum absolute atomic E-state index is 0.122. The largest absolute Gasteiger partial charge is 0.324 e. The molecule has 4 rings (SSSR count). The summed E-state index contributed by atoms with van der Waals surface area (Å²) in [5.41, 5.74) is 4.48. The molecule has 2 aromatic heterocycles. The lowest BCUT2D eigenvalue weighted by Gasteiger charge is -2.10. The summed E-state index contributed by atoms with van der Waals surface area (Å²) in [7, 11) is 0. The van der Waals surface area contributed by atoms with Gasteiger partial charge in [0.1, 0.15) is 17.7 Å². The van der Waals surface area contributed by atoms with Gasteiger partial charge in [0.2, 0.25) is 5.91 Å². The van der Waals surface area contributed by atoms with Crippen LogP contribution in [0.4, 0.5) is 5.69 Å². The Labute approximate surface area is 160 Å². The van der Waals surface area contributed by atoms with E-state index in [1.54, 1.807) is 22.3 Å². The van der Waals surface area contributed by atoms with Crippen molar-refractivity contribution < 1.29 is 4.79 Å². The predicted octanol–water partition coefficient (Wildman–Crippen LogP) is 3.88. The molecule has 1 N–H and O–H groups in total. The van der Waals surface area contributed by atoms with Gasteiger partial charge in [-0.15, -0.1) is 11.3 Å². The molecule has 4 aromatic rings. The number of nitrogens with one attached hydrogen (secondary N) is 1. The molecule has 27 heavy (non-hydrogen) atoms. The zero-order valence-electron chi connectivity index (χ0n) is 14.7. The fraction of sp³-hybridized carbons (Fsp3) is 0.100. The SMILES string of the molecule is Cc1ccc(-c2nc(CC(=O)Nc3ccccc3-n3cncn3)cs2)cc1. The number of amides is 1. The number of hydrogen-bond donors (Lipinski definition) is 1. The van der Waals surface area contributed by atoms with E-state index in [1.165, 1.54) is 11.9 Å². The normalized spacial score (nSPS) is 10.7. The summed E-state index contributed by atoms with van der Waals surface area (Å²) in [6.45, 7) is 2.05. The van der Waals surface area contributed by atoms with Gasteiger partial charge < -0.3 is 5.32 Å². The minimum Gasteiger partial charge on any atom is -0.324 e. The summed E-state index contributed by atoms with van der Waals surface area (Å²) in [5.74, 6) is -0.122. The average molecular weight is 375 g/mol. The molecule has 2 heterocycles. The van der Waals surface area contributed by atoms with Crippen LogP contribution >= 0.6 is 11.3 Å². The van der Waals surface area contributed by atoms with E-state index in [2.05, 4.69) is 39.4 Å². The number of anilines is 1. The number of rotatable bonds is 5. The van der Waals surface area contributed by atoms with Crippen molar-refractivity contribution in [3.63, 3.8) is 0 Å². The van der Waals surface area contributed by atoms with Crippen LogP contribution in [0.1, 0.15) is 11.3 Å². The molecular weight excluding hydrogens is 358 g/mol. The molecule has 0 radical (unpaired) electrons. The van der Waals surface area contributed by atoms with Crippen molar-refractivity contribution >= 4 is 22.9 Å². The third kappa shape index (κ3) is 3.93. The first kappa shape index (κ1) is 17.1. The second-order valence-corrected chi connectivity index (χ2v) is 6.95. The van der Waals surface area contributed by atoms with Crippen LogP contribution in [0.15, 0.2) is 66.6 Å². The highest BCUT2D eigenvalue weighted by atomic mass is 32.1. The fourth-order valence-electron chi connectivity index (χ4n) is 2.69. The van der Waals surface area contributed by atoms with Crippen LogP contribution in [0, 0.1) is 6.92 Å². The smallest absolute Gasteiger partial charge is 0.230 e. The third-order valence-corrected chi connectivity index (χ3v) is 4.98. The zero-order valence-corrected chi connectivity index (χ0v) is 15.5. The Bertz CT molecular complexity index is 1050. The summed E-state index contributed by atoms with van der Waals surface area (Å²) in [5, 5.41) is 9.91. The van der Waals surface area contributed by atoms with Crippen molar-refractivity contribution in [2.45, 2.75) is 13.3 Å². The third-order valence-electron chi connectivity index (χ3n) is 4.04. The van der Waals surface area contributed by atoms with E-state index < -0.39 is 0 Å². The number of benzene rings is 2. The number of para-hydroxylation sites is 2. The number of carbonyl (C=O) groups is 1. The number of aromatic nitrogens is 4. The Morgan fingerprint density at radius 3 is 2.74 bits per heavy atom. The van der Waals surface area contributed by atoms with Gasteiger partial charge in [0.15, 0.2) is 0 Å². The van der Waals surface area contributed by atoms with Gasteiger partial charge in [0, 0.05) is 10.9 Å². The Morgan fingerprint density at radius 1 is 1.15 bits per heavy atom.